The fourth-order valence-electron chi connectivity index (χ4n) is 3.42. The van der Waals surface area contributed by atoms with Crippen LogP contribution in [0, 0.1) is 0 Å². The van der Waals surface area contributed by atoms with Crippen LogP contribution in [0.25, 0.3) is 0 Å². The zero-order valence-corrected chi connectivity index (χ0v) is 15.8. The molecule has 0 spiro atoms. The molecule has 25 heavy (non-hydrogen) atoms. The first-order valence-corrected chi connectivity index (χ1v) is 9.29. The summed E-state index contributed by atoms with van der Waals surface area (Å²) in [6, 6.07) is 4.06. The van der Waals surface area contributed by atoms with E-state index in [1.165, 1.54) is 11.1 Å². The Labute approximate surface area is 155 Å². The SMILES string of the molecule is COc1ccc(Br)c2c1CCN(c1ncnc(N3CCNCC3)n1)C2. The van der Waals surface area contributed by atoms with E-state index < -0.39 is 0 Å². The van der Waals surface area contributed by atoms with Gasteiger partial charge in [0.2, 0.25) is 11.9 Å². The van der Waals surface area contributed by atoms with E-state index in [1.807, 2.05) is 12.1 Å². The highest BCUT2D eigenvalue weighted by atomic mass is 79.9. The second-order valence-electron chi connectivity index (χ2n) is 6.20. The number of nitrogens with zero attached hydrogens (tertiary/aromatic N) is 5. The predicted octanol–water partition coefficient (Wildman–Crippen LogP) is 1.61. The topological polar surface area (TPSA) is 66.4 Å². The average molecular weight is 405 g/mol. The van der Waals surface area contributed by atoms with Crippen LogP contribution in [-0.4, -0.2) is 54.8 Å². The number of anilines is 2. The van der Waals surface area contributed by atoms with E-state index >= 15 is 0 Å². The average Bonchev–Trinajstić information content (AvgIpc) is 2.69. The van der Waals surface area contributed by atoms with Crippen molar-refractivity contribution in [3.8, 4) is 5.75 Å². The van der Waals surface area contributed by atoms with E-state index in [9.17, 15) is 0 Å². The molecule has 0 bridgehead atoms. The van der Waals surface area contributed by atoms with E-state index in [0.717, 1.165) is 67.8 Å². The summed E-state index contributed by atoms with van der Waals surface area (Å²) in [6.07, 6.45) is 2.53. The van der Waals surface area contributed by atoms with E-state index in [1.54, 1.807) is 13.4 Å². The van der Waals surface area contributed by atoms with Crippen molar-refractivity contribution >= 4 is 27.8 Å². The van der Waals surface area contributed by atoms with Crippen molar-refractivity contribution in [1.29, 1.82) is 0 Å². The summed E-state index contributed by atoms with van der Waals surface area (Å²) in [5.74, 6) is 2.46. The standard InChI is InChI=1S/C17H21BrN6O/c1-25-15-3-2-14(18)13-10-24(7-4-12(13)15)17-21-11-20-16(22-17)23-8-5-19-6-9-23/h2-3,11,19H,4-10H2,1H3. The van der Waals surface area contributed by atoms with Gasteiger partial charge in [-0.3, -0.25) is 0 Å². The fraction of sp³-hybridized carbons (Fsp3) is 0.471. The quantitative estimate of drug-likeness (QED) is 0.833. The molecule has 1 saturated heterocycles. The highest BCUT2D eigenvalue weighted by molar-refractivity contribution is 9.10. The van der Waals surface area contributed by atoms with Crippen LogP contribution in [-0.2, 0) is 13.0 Å². The van der Waals surface area contributed by atoms with Gasteiger partial charge in [-0.15, -0.1) is 0 Å². The highest BCUT2D eigenvalue weighted by Crippen LogP contribution is 2.34. The number of methoxy groups -OCH3 is 1. The summed E-state index contributed by atoms with van der Waals surface area (Å²) in [7, 11) is 1.72. The lowest BCUT2D eigenvalue weighted by Crippen LogP contribution is -2.44. The van der Waals surface area contributed by atoms with Crippen LogP contribution in [0.15, 0.2) is 22.9 Å². The third-order valence-electron chi connectivity index (χ3n) is 4.76. The molecule has 1 aromatic carbocycles. The third-order valence-corrected chi connectivity index (χ3v) is 5.50. The second-order valence-corrected chi connectivity index (χ2v) is 7.06. The van der Waals surface area contributed by atoms with Crippen LogP contribution in [0.2, 0.25) is 0 Å². The number of halogens is 1. The largest absolute Gasteiger partial charge is 0.496 e. The summed E-state index contributed by atoms with van der Waals surface area (Å²) in [6.45, 7) is 5.41. The Morgan fingerprint density at radius 3 is 2.56 bits per heavy atom. The molecule has 2 aromatic rings. The normalized spacial score (nSPS) is 17.4. The van der Waals surface area contributed by atoms with Gasteiger partial charge in [0.15, 0.2) is 0 Å². The lowest BCUT2D eigenvalue weighted by atomic mass is 9.99. The van der Waals surface area contributed by atoms with Gasteiger partial charge in [0, 0.05) is 49.3 Å². The summed E-state index contributed by atoms with van der Waals surface area (Å²) in [4.78, 5) is 17.9. The van der Waals surface area contributed by atoms with E-state index in [-0.39, 0.29) is 0 Å². The van der Waals surface area contributed by atoms with Gasteiger partial charge in [-0.1, -0.05) is 15.9 Å². The predicted molar refractivity (Wildman–Crippen MR) is 100 cm³/mol. The number of nitrogens with one attached hydrogen (secondary N) is 1. The number of benzene rings is 1. The molecule has 0 saturated carbocycles. The molecule has 0 amide bonds. The minimum absolute atomic E-state index is 0.740. The van der Waals surface area contributed by atoms with Gasteiger partial charge >= 0.3 is 0 Å². The van der Waals surface area contributed by atoms with Gasteiger partial charge in [0.05, 0.1) is 7.11 Å². The summed E-state index contributed by atoms with van der Waals surface area (Å²) in [5, 5.41) is 3.35. The number of hydrogen-bond donors (Lipinski definition) is 1. The maximum atomic E-state index is 5.51. The first-order valence-electron chi connectivity index (χ1n) is 8.50. The molecule has 132 valence electrons. The molecule has 0 radical (unpaired) electrons. The Balaban J connectivity index is 1.59. The van der Waals surface area contributed by atoms with E-state index in [0.29, 0.717) is 0 Å². The number of hydrogen-bond acceptors (Lipinski definition) is 7. The van der Waals surface area contributed by atoms with Crippen LogP contribution in [0.4, 0.5) is 11.9 Å². The molecule has 2 aliphatic heterocycles. The Morgan fingerprint density at radius 2 is 1.80 bits per heavy atom. The molecule has 1 aromatic heterocycles. The molecule has 1 N–H and O–H groups in total. The molecular weight excluding hydrogens is 384 g/mol. The van der Waals surface area contributed by atoms with Gasteiger partial charge in [-0.25, -0.2) is 9.97 Å². The van der Waals surface area contributed by atoms with Crippen molar-refractivity contribution in [3.63, 3.8) is 0 Å². The number of fused-ring (bicyclic) bond motifs is 1. The minimum atomic E-state index is 0.740. The number of aromatic nitrogens is 3. The molecule has 0 aliphatic carbocycles. The highest BCUT2D eigenvalue weighted by Gasteiger charge is 2.24. The molecule has 2 aliphatic rings. The van der Waals surface area contributed by atoms with Gasteiger partial charge < -0.3 is 19.9 Å². The van der Waals surface area contributed by atoms with Crippen molar-refractivity contribution in [1.82, 2.24) is 20.3 Å². The van der Waals surface area contributed by atoms with Crippen LogP contribution in [0.5, 0.6) is 5.75 Å². The zero-order chi connectivity index (χ0) is 17.2. The number of rotatable bonds is 3. The second kappa shape index (κ2) is 7.13. The molecule has 0 unspecified atom stereocenters. The molecule has 1 fully saturated rings. The van der Waals surface area contributed by atoms with Crippen molar-refractivity contribution < 1.29 is 4.74 Å². The monoisotopic (exact) mass is 404 g/mol. The van der Waals surface area contributed by atoms with Crippen LogP contribution in [0.3, 0.4) is 0 Å². The Morgan fingerprint density at radius 1 is 1.04 bits per heavy atom. The van der Waals surface area contributed by atoms with Gasteiger partial charge in [-0.05, 0) is 24.1 Å². The molecular formula is C17H21BrN6O. The summed E-state index contributed by atoms with van der Waals surface area (Å²) in [5.41, 5.74) is 2.51. The van der Waals surface area contributed by atoms with Crippen molar-refractivity contribution in [2.45, 2.75) is 13.0 Å². The minimum Gasteiger partial charge on any atom is -0.496 e. The Kier molecular flexibility index (Phi) is 4.72. The molecule has 0 atom stereocenters. The Hall–Kier alpha value is -1.93. The smallest absolute Gasteiger partial charge is 0.230 e. The first kappa shape index (κ1) is 16.5. The van der Waals surface area contributed by atoms with Crippen LogP contribution >= 0.6 is 15.9 Å². The number of ether oxygens (including phenoxy) is 1. The van der Waals surface area contributed by atoms with Gasteiger partial charge in [-0.2, -0.15) is 4.98 Å². The van der Waals surface area contributed by atoms with E-state index in [4.69, 9.17) is 9.72 Å². The van der Waals surface area contributed by atoms with Crippen LogP contribution in [0.1, 0.15) is 11.1 Å². The van der Waals surface area contributed by atoms with Gasteiger partial charge in [0.1, 0.15) is 12.1 Å². The lowest BCUT2D eigenvalue weighted by molar-refractivity contribution is 0.407. The summed E-state index contributed by atoms with van der Waals surface area (Å²) < 4.78 is 6.62. The Bertz CT molecular complexity index is 765. The maximum Gasteiger partial charge on any atom is 0.230 e. The van der Waals surface area contributed by atoms with Crippen molar-refractivity contribution in [2.24, 2.45) is 0 Å². The maximum absolute atomic E-state index is 5.51. The van der Waals surface area contributed by atoms with Crippen molar-refractivity contribution in [2.75, 3.05) is 49.6 Å². The number of piperazine rings is 1. The molecule has 7 nitrogen and oxygen atoms in total. The van der Waals surface area contributed by atoms with Gasteiger partial charge in [0.25, 0.3) is 0 Å². The zero-order valence-electron chi connectivity index (χ0n) is 14.2. The molecule has 4 rings (SSSR count). The molecule has 8 heteroatoms. The fourth-order valence-corrected chi connectivity index (χ4v) is 3.91. The third kappa shape index (κ3) is 3.28. The first-order chi connectivity index (χ1) is 12.3. The lowest BCUT2D eigenvalue weighted by Gasteiger charge is -2.31. The van der Waals surface area contributed by atoms with Crippen LogP contribution < -0.4 is 19.9 Å². The van der Waals surface area contributed by atoms with E-state index in [2.05, 4.69) is 41.0 Å². The molecule has 3 heterocycles. The summed E-state index contributed by atoms with van der Waals surface area (Å²) >= 11 is 3.67. The van der Waals surface area contributed by atoms with Crippen molar-refractivity contribution in [3.05, 3.63) is 34.1 Å².